The third kappa shape index (κ3) is 1.78. The summed E-state index contributed by atoms with van der Waals surface area (Å²) in [5, 5.41) is 0. The van der Waals surface area contributed by atoms with Crippen LogP contribution in [-0.2, 0) is 11.2 Å². The lowest BCUT2D eigenvalue weighted by Gasteiger charge is -1.99. The predicted molar refractivity (Wildman–Crippen MR) is 39.3 cm³/mol. The van der Waals surface area contributed by atoms with Crippen LogP contribution in [-0.4, -0.2) is 5.91 Å². The van der Waals surface area contributed by atoms with E-state index in [4.69, 9.17) is 5.73 Å². The molecule has 1 aromatic rings. The molecule has 0 aliphatic carbocycles. The summed E-state index contributed by atoms with van der Waals surface area (Å²) < 4.78 is 25.3. The van der Waals surface area contributed by atoms with E-state index in [1.165, 1.54) is 12.1 Å². The van der Waals surface area contributed by atoms with Crippen molar-refractivity contribution < 1.29 is 13.6 Å². The molecule has 12 heavy (non-hydrogen) atoms. The Kier molecular flexibility index (Phi) is 2.38. The largest absolute Gasteiger partial charge is 0.369 e. The molecule has 0 saturated heterocycles. The first kappa shape index (κ1) is 8.64. The zero-order chi connectivity index (χ0) is 9.14. The van der Waals surface area contributed by atoms with Gasteiger partial charge in [-0.15, -0.1) is 0 Å². The Hall–Kier alpha value is -1.45. The molecule has 1 aromatic carbocycles. The number of carbonyl (C=O) groups excluding carboxylic acids is 1. The molecule has 2 nitrogen and oxygen atoms in total. The summed E-state index contributed by atoms with van der Waals surface area (Å²) in [6, 6.07) is 3.64. The second-order valence-corrected chi connectivity index (χ2v) is 2.36. The topological polar surface area (TPSA) is 43.1 Å². The SMILES string of the molecule is NC(=O)Cc1cccc(F)c1F. The van der Waals surface area contributed by atoms with Gasteiger partial charge in [0, 0.05) is 5.56 Å². The van der Waals surface area contributed by atoms with Gasteiger partial charge in [0.2, 0.25) is 5.91 Å². The molecule has 0 radical (unpaired) electrons. The quantitative estimate of drug-likeness (QED) is 0.708. The molecule has 0 bridgehead atoms. The van der Waals surface area contributed by atoms with Gasteiger partial charge in [-0.2, -0.15) is 0 Å². The first-order valence-electron chi connectivity index (χ1n) is 3.32. The summed E-state index contributed by atoms with van der Waals surface area (Å²) in [6.45, 7) is 0. The molecule has 2 N–H and O–H groups in total. The monoisotopic (exact) mass is 171 g/mol. The molecule has 0 fully saturated rings. The van der Waals surface area contributed by atoms with E-state index in [-0.39, 0.29) is 12.0 Å². The van der Waals surface area contributed by atoms with Crippen molar-refractivity contribution in [1.82, 2.24) is 0 Å². The molecule has 0 spiro atoms. The van der Waals surface area contributed by atoms with Crippen LogP contribution in [0.1, 0.15) is 5.56 Å². The summed E-state index contributed by atoms with van der Waals surface area (Å²) in [5.41, 5.74) is 4.80. The highest BCUT2D eigenvalue weighted by atomic mass is 19.2. The van der Waals surface area contributed by atoms with Crippen LogP contribution in [0.2, 0.25) is 0 Å². The molecule has 1 amide bonds. The fourth-order valence-electron chi connectivity index (χ4n) is 0.873. The molecule has 0 heterocycles. The van der Waals surface area contributed by atoms with Crippen LogP contribution in [0.4, 0.5) is 8.78 Å². The van der Waals surface area contributed by atoms with Gasteiger partial charge >= 0.3 is 0 Å². The van der Waals surface area contributed by atoms with Crippen LogP contribution in [0.15, 0.2) is 18.2 Å². The van der Waals surface area contributed by atoms with Crippen molar-refractivity contribution in [3.8, 4) is 0 Å². The van der Waals surface area contributed by atoms with Crippen LogP contribution in [0, 0.1) is 11.6 Å². The first-order valence-corrected chi connectivity index (χ1v) is 3.32. The van der Waals surface area contributed by atoms with Gasteiger partial charge in [-0.05, 0) is 6.07 Å². The number of hydrogen-bond donors (Lipinski definition) is 1. The lowest BCUT2D eigenvalue weighted by molar-refractivity contribution is -0.117. The van der Waals surface area contributed by atoms with Crippen LogP contribution in [0.5, 0.6) is 0 Å². The number of benzene rings is 1. The minimum absolute atomic E-state index is 0.0116. The Labute approximate surface area is 68.0 Å². The van der Waals surface area contributed by atoms with E-state index in [1.807, 2.05) is 0 Å². The second kappa shape index (κ2) is 3.30. The molecule has 0 unspecified atom stereocenters. The zero-order valence-corrected chi connectivity index (χ0v) is 6.18. The predicted octanol–water partition coefficient (Wildman–Crippen LogP) is 0.993. The van der Waals surface area contributed by atoms with Crippen LogP contribution < -0.4 is 5.73 Å². The van der Waals surface area contributed by atoms with Crippen LogP contribution >= 0.6 is 0 Å². The highest BCUT2D eigenvalue weighted by Gasteiger charge is 2.08. The van der Waals surface area contributed by atoms with Gasteiger partial charge in [-0.25, -0.2) is 8.78 Å². The molecular weight excluding hydrogens is 164 g/mol. The smallest absolute Gasteiger partial charge is 0.221 e. The second-order valence-electron chi connectivity index (χ2n) is 2.36. The van der Waals surface area contributed by atoms with Gasteiger partial charge in [-0.3, -0.25) is 4.79 Å². The molecule has 0 atom stereocenters. The molecule has 0 aromatic heterocycles. The van der Waals surface area contributed by atoms with Gasteiger partial charge in [0.25, 0.3) is 0 Å². The summed E-state index contributed by atoms with van der Waals surface area (Å²) in [7, 11) is 0. The average molecular weight is 171 g/mol. The first-order chi connectivity index (χ1) is 5.61. The minimum atomic E-state index is -1.00. The Morgan fingerprint density at radius 1 is 1.42 bits per heavy atom. The lowest BCUT2D eigenvalue weighted by Crippen LogP contribution is -2.14. The zero-order valence-electron chi connectivity index (χ0n) is 6.18. The Morgan fingerprint density at radius 2 is 2.08 bits per heavy atom. The fourth-order valence-corrected chi connectivity index (χ4v) is 0.873. The minimum Gasteiger partial charge on any atom is -0.369 e. The normalized spacial score (nSPS) is 9.83. The molecule has 0 saturated carbocycles. The van der Waals surface area contributed by atoms with Gasteiger partial charge in [-0.1, -0.05) is 12.1 Å². The molecule has 0 aliphatic heterocycles. The van der Waals surface area contributed by atoms with E-state index >= 15 is 0 Å². The van der Waals surface area contributed by atoms with Crippen molar-refractivity contribution >= 4 is 5.91 Å². The van der Waals surface area contributed by atoms with Crippen molar-refractivity contribution in [2.24, 2.45) is 5.73 Å². The van der Waals surface area contributed by atoms with Crippen molar-refractivity contribution in [3.05, 3.63) is 35.4 Å². The Balaban J connectivity index is 3.00. The maximum absolute atomic E-state index is 12.8. The number of rotatable bonds is 2. The van der Waals surface area contributed by atoms with E-state index in [2.05, 4.69) is 0 Å². The van der Waals surface area contributed by atoms with Crippen LogP contribution in [0.3, 0.4) is 0 Å². The van der Waals surface area contributed by atoms with E-state index < -0.39 is 17.5 Å². The number of primary amides is 1. The maximum atomic E-state index is 12.8. The summed E-state index contributed by atoms with van der Waals surface area (Å²) in [4.78, 5) is 10.4. The molecule has 1 rings (SSSR count). The third-order valence-corrected chi connectivity index (χ3v) is 1.40. The molecule has 64 valence electrons. The Morgan fingerprint density at radius 3 is 2.67 bits per heavy atom. The van der Waals surface area contributed by atoms with Crippen molar-refractivity contribution in [3.63, 3.8) is 0 Å². The molecular formula is C8H7F2NO. The fraction of sp³-hybridized carbons (Fsp3) is 0.125. The summed E-state index contributed by atoms with van der Waals surface area (Å²) in [6.07, 6.45) is -0.274. The van der Waals surface area contributed by atoms with Crippen LogP contribution in [0.25, 0.3) is 0 Å². The van der Waals surface area contributed by atoms with E-state index in [9.17, 15) is 13.6 Å². The highest BCUT2D eigenvalue weighted by molar-refractivity contribution is 5.76. The third-order valence-electron chi connectivity index (χ3n) is 1.40. The number of amides is 1. The van der Waals surface area contributed by atoms with Crippen molar-refractivity contribution in [1.29, 1.82) is 0 Å². The van der Waals surface area contributed by atoms with Gasteiger partial charge < -0.3 is 5.73 Å². The summed E-state index contributed by atoms with van der Waals surface area (Å²) >= 11 is 0. The highest BCUT2D eigenvalue weighted by Crippen LogP contribution is 2.11. The number of nitrogens with two attached hydrogens (primary N) is 1. The standard InChI is InChI=1S/C8H7F2NO/c9-6-3-1-2-5(8(6)10)4-7(11)12/h1-3H,4H2,(H2,11,12). The van der Waals surface area contributed by atoms with Gasteiger partial charge in [0.05, 0.1) is 6.42 Å². The van der Waals surface area contributed by atoms with E-state index in [0.717, 1.165) is 6.07 Å². The molecule has 4 heteroatoms. The average Bonchev–Trinajstić information content (AvgIpc) is 1.98. The van der Waals surface area contributed by atoms with E-state index in [0.29, 0.717) is 0 Å². The molecule has 0 aliphatic rings. The van der Waals surface area contributed by atoms with Gasteiger partial charge in [0.1, 0.15) is 0 Å². The number of hydrogen-bond acceptors (Lipinski definition) is 1. The van der Waals surface area contributed by atoms with Crippen molar-refractivity contribution in [2.45, 2.75) is 6.42 Å². The number of halogens is 2. The van der Waals surface area contributed by atoms with Gasteiger partial charge in [0.15, 0.2) is 11.6 Å². The summed E-state index contributed by atoms with van der Waals surface area (Å²) in [5.74, 6) is -2.65. The Bertz CT molecular complexity index is 312. The maximum Gasteiger partial charge on any atom is 0.221 e. The lowest BCUT2D eigenvalue weighted by atomic mass is 10.1. The van der Waals surface area contributed by atoms with E-state index in [1.54, 1.807) is 0 Å². The van der Waals surface area contributed by atoms with Crippen molar-refractivity contribution in [2.75, 3.05) is 0 Å². The number of carbonyl (C=O) groups is 1.